The molecular formula is C24H22ClF3N4O. The highest BCUT2D eigenvalue weighted by Crippen LogP contribution is 2.52. The van der Waals surface area contributed by atoms with E-state index in [0.717, 1.165) is 30.3 Å². The number of rotatable bonds is 4. The first-order chi connectivity index (χ1) is 15.6. The van der Waals surface area contributed by atoms with E-state index in [1.54, 1.807) is 12.4 Å². The number of carbonyl (C=O) groups is 1. The molecule has 2 aliphatic carbocycles. The lowest BCUT2D eigenvalue weighted by atomic mass is 9.58. The van der Waals surface area contributed by atoms with Crippen molar-refractivity contribution in [2.24, 2.45) is 18.9 Å². The summed E-state index contributed by atoms with van der Waals surface area (Å²) in [7, 11) is 1.90. The summed E-state index contributed by atoms with van der Waals surface area (Å²) >= 11 is 5.82. The molecule has 3 aliphatic rings. The van der Waals surface area contributed by atoms with E-state index in [-0.39, 0.29) is 16.9 Å². The summed E-state index contributed by atoms with van der Waals surface area (Å²) in [5, 5.41) is 8.38. The van der Waals surface area contributed by atoms with Crippen LogP contribution in [0, 0.1) is 11.8 Å². The number of allylic oxidation sites excluding steroid dienone is 3. The molecule has 33 heavy (non-hydrogen) atoms. The summed E-state index contributed by atoms with van der Waals surface area (Å²) in [6.45, 7) is 2.17. The van der Waals surface area contributed by atoms with Gasteiger partial charge in [0.05, 0.1) is 16.9 Å². The third-order valence-electron chi connectivity index (χ3n) is 6.80. The van der Waals surface area contributed by atoms with Crippen LogP contribution in [0.3, 0.4) is 0 Å². The maximum atomic E-state index is 13.7. The molecule has 5 nitrogen and oxygen atoms in total. The SMILES string of the molecule is CC1CC(c2cccc(N3C=C4C(C(F)(F)F)=CC(CCl)=CC4C3=O)c2)(c2nncn2C)C1. The minimum absolute atomic E-state index is 0.0490. The first-order valence-electron chi connectivity index (χ1n) is 10.7. The van der Waals surface area contributed by atoms with Gasteiger partial charge < -0.3 is 4.57 Å². The molecular weight excluding hydrogens is 453 g/mol. The van der Waals surface area contributed by atoms with Crippen LogP contribution < -0.4 is 4.90 Å². The average Bonchev–Trinajstić information content (AvgIpc) is 3.33. The lowest BCUT2D eigenvalue weighted by Crippen LogP contribution is -2.43. The van der Waals surface area contributed by atoms with E-state index in [9.17, 15) is 18.0 Å². The Labute approximate surface area is 194 Å². The van der Waals surface area contributed by atoms with E-state index < -0.39 is 23.6 Å². The number of halogens is 4. The van der Waals surface area contributed by atoms with Crippen molar-refractivity contribution in [3.8, 4) is 0 Å². The smallest absolute Gasteiger partial charge is 0.320 e. The normalized spacial score (nSPS) is 27.0. The Bertz CT molecular complexity index is 1220. The van der Waals surface area contributed by atoms with Gasteiger partial charge in [-0.3, -0.25) is 9.69 Å². The maximum Gasteiger partial charge on any atom is 0.416 e. The number of hydrogen-bond acceptors (Lipinski definition) is 3. The van der Waals surface area contributed by atoms with Crippen LogP contribution in [-0.4, -0.2) is 32.7 Å². The molecule has 1 aliphatic heterocycles. The molecule has 9 heteroatoms. The molecule has 1 unspecified atom stereocenters. The van der Waals surface area contributed by atoms with Crippen LogP contribution in [0.25, 0.3) is 0 Å². The van der Waals surface area contributed by atoms with Gasteiger partial charge >= 0.3 is 6.18 Å². The van der Waals surface area contributed by atoms with Crippen molar-refractivity contribution in [3.63, 3.8) is 0 Å². The van der Waals surface area contributed by atoms with E-state index in [4.69, 9.17) is 11.6 Å². The molecule has 1 fully saturated rings. The minimum Gasteiger partial charge on any atom is -0.320 e. The van der Waals surface area contributed by atoms with Crippen LogP contribution in [0.5, 0.6) is 0 Å². The van der Waals surface area contributed by atoms with Crippen molar-refractivity contribution in [1.29, 1.82) is 0 Å². The van der Waals surface area contributed by atoms with Gasteiger partial charge in [0, 0.05) is 24.8 Å². The summed E-state index contributed by atoms with van der Waals surface area (Å²) in [4.78, 5) is 14.5. The molecule has 0 radical (unpaired) electrons. The van der Waals surface area contributed by atoms with Crippen LogP contribution in [0.2, 0.25) is 0 Å². The van der Waals surface area contributed by atoms with Crippen LogP contribution >= 0.6 is 11.6 Å². The topological polar surface area (TPSA) is 51.0 Å². The number of fused-ring (bicyclic) bond motifs is 1. The Kier molecular flexibility index (Phi) is 5.04. The van der Waals surface area contributed by atoms with Gasteiger partial charge in [-0.2, -0.15) is 13.2 Å². The van der Waals surface area contributed by atoms with Gasteiger partial charge in [0.25, 0.3) is 0 Å². The highest BCUT2D eigenvalue weighted by atomic mass is 35.5. The van der Waals surface area contributed by atoms with E-state index in [2.05, 4.69) is 17.1 Å². The first-order valence-corrected chi connectivity index (χ1v) is 11.2. The third-order valence-corrected chi connectivity index (χ3v) is 7.11. The Morgan fingerprint density at radius 3 is 2.64 bits per heavy atom. The fourth-order valence-corrected chi connectivity index (χ4v) is 5.54. The minimum atomic E-state index is -4.58. The van der Waals surface area contributed by atoms with E-state index >= 15 is 0 Å². The molecule has 1 saturated carbocycles. The van der Waals surface area contributed by atoms with Gasteiger partial charge in [-0.1, -0.05) is 25.1 Å². The molecule has 0 N–H and O–H groups in total. The Morgan fingerprint density at radius 2 is 2.03 bits per heavy atom. The van der Waals surface area contributed by atoms with Gasteiger partial charge in [-0.25, -0.2) is 0 Å². The molecule has 1 atom stereocenters. The molecule has 5 rings (SSSR count). The van der Waals surface area contributed by atoms with Crippen molar-refractivity contribution in [2.45, 2.75) is 31.4 Å². The number of alkyl halides is 4. The second-order valence-electron chi connectivity index (χ2n) is 9.11. The molecule has 0 bridgehead atoms. The largest absolute Gasteiger partial charge is 0.416 e. The number of anilines is 1. The zero-order valence-electron chi connectivity index (χ0n) is 18.1. The van der Waals surface area contributed by atoms with Gasteiger partial charge in [-0.15, -0.1) is 21.8 Å². The Hall–Kier alpha value is -2.87. The lowest BCUT2D eigenvalue weighted by Gasteiger charge is -2.46. The fourth-order valence-electron chi connectivity index (χ4n) is 5.37. The number of nitrogens with zero attached hydrogens (tertiary/aromatic N) is 4. The summed E-state index contributed by atoms with van der Waals surface area (Å²) < 4.78 is 43.1. The summed E-state index contributed by atoms with van der Waals surface area (Å²) in [6, 6.07) is 7.44. The standard InChI is InChI=1S/C24H22ClF3N4O/c1-14-9-23(10-14,22-30-29-13-31(22)2)16-4-3-5-17(8-16)32-12-19-18(21(32)33)6-15(11-25)7-20(19)24(26,27)28/h3-8,12-14,18H,9-11H2,1-2H3. The van der Waals surface area contributed by atoms with Gasteiger partial charge in [-0.05, 0) is 53.7 Å². The molecule has 0 spiro atoms. The second kappa shape index (κ2) is 7.58. The quantitative estimate of drug-likeness (QED) is 0.583. The Morgan fingerprint density at radius 1 is 1.27 bits per heavy atom. The van der Waals surface area contributed by atoms with Gasteiger partial charge in [0.2, 0.25) is 5.91 Å². The van der Waals surface area contributed by atoms with Crippen LogP contribution in [0.1, 0.15) is 31.2 Å². The molecule has 1 amide bonds. The van der Waals surface area contributed by atoms with Crippen molar-refractivity contribution < 1.29 is 18.0 Å². The first kappa shape index (κ1) is 21.9. The van der Waals surface area contributed by atoms with Crippen LogP contribution in [0.4, 0.5) is 18.9 Å². The number of benzene rings is 1. The highest BCUT2D eigenvalue weighted by Gasteiger charge is 2.49. The summed E-state index contributed by atoms with van der Waals surface area (Å²) in [5.74, 6) is -0.170. The molecule has 2 heterocycles. The van der Waals surface area contributed by atoms with Gasteiger partial charge in [0.1, 0.15) is 12.2 Å². The number of aryl methyl sites for hydroxylation is 1. The highest BCUT2D eigenvalue weighted by molar-refractivity contribution is 6.20. The lowest BCUT2D eigenvalue weighted by molar-refractivity contribution is -0.119. The fraction of sp³-hybridized carbons (Fsp3) is 0.375. The molecule has 172 valence electrons. The Balaban J connectivity index is 1.56. The van der Waals surface area contributed by atoms with Crippen molar-refractivity contribution >= 4 is 23.2 Å². The van der Waals surface area contributed by atoms with Crippen molar-refractivity contribution in [2.75, 3.05) is 10.8 Å². The summed E-state index contributed by atoms with van der Waals surface area (Å²) in [5.41, 5.74) is 0.584. The number of aromatic nitrogens is 3. The summed E-state index contributed by atoms with van der Waals surface area (Å²) in [6.07, 6.45) is 2.70. The number of hydrogen-bond donors (Lipinski definition) is 0. The zero-order valence-corrected chi connectivity index (χ0v) is 18.9. The number of carbonyl (C=O) groups excluding carboxylic acids is 1. The van der Waals surface area contributed by atoms with E-state index in [1.165, 1.54) is 17.2 Å². The average molecular weight is 475 g/mol. The van der Waals surface area contributed by atoms with Crippen LogP contribution in [-0.2, 0) is 17.3 Å². The number of amides is 1. The van der Waals surface area contributed by atoms with E-state index in [1.807, 2.05) is 29.8 Å². The second-order valence-corrected chi connectivity index (χ2v) is 9.38. The maximum absolute atomic E-state index is 13.7. The van der Waals surface area contributed by atoms with Crippen LogP contribution in [0.15, 0.2) is 65.7 Å². The molecule has 0 saturated heterocycles. The predicted octanol–water partition coefficient (Wildman–Crippen LogP) is 5.05. The molecule has 2 aromatic rings. The molecule has 1 aromatic carbocycles. The van der Waals surface area contributed by atoms with E-state index in [0.29, 0.717) is 17.2 Å². The zero-order chi connectivity index (χ0) is 23.5. The van der Waals surface area contributed by atoms with Crippen molar-refractivity contribution in [3.05, 3.63) is 77.1 Å². The monoisotopic (exact) mass is 474 g/mol. The van der Waals surface area contributed by atoms with Gasteiger partial charge in [0.15, 0.2) is 0 Å². The molecule has 1 aromatic heterocycles. The predicted molar refractivity (Wildman–Crippen MR) is 119 cm³/mol. The van der Waals surface area contributed by atoms with Crippen molar-refractivity contribution in [1.82, 2.24) is 14.8 Å². The third kappa shape index (κ3) is 3.42.